The number of hydrogen-bond acceptors (Lipinski definition) is 8. The number of carbonyl (C=O) groups is 2. The molecule has 0 aliphatic carbocycles. The van der Waals surface area contributed by atoms with Gasteiger partial charge < -0.3 is 29.2 Å². The highest BCUT2D eigenvalue weighted by Crippen LogP contribution is 2.39. The lowest BCUT2D eigenvalue weighted by Gasteiger charge is -2.41. The van der Waals surface area contributed by atoms with E-state index in [9.17, 15) is 19.8 Å². The second-order valence-electron chi connectivity index (χ2n) is 5.42. The van der Waals surface area contributed by atoms with Gasteiger partial charge in [0.2, 0.25) is 0 Å². The number of aliphatic hydroxyl groups excluding tert-OH is 2. The SMILES string of the molecule is CCOC(=O)C1(C(=O)OCC)CC(O)[C@H]2O[C@@H](C)C(O)[C@H]2O1. The molecule has 5 atom stereocenters. The highest BCUT2D eigenvalue weighted by atomic mass is 16.6. The fourth-order valence-electron chi connectivity index (χ4n) is 2.85. The minimum Gasteiger partial charge on any atom is -0.463 e. The number of rotatable bonds is 4. The minimum absolute atomic E-state index is 0.0446. The van der Waals surface area contributed by atoms with Crippen molar-refractivity contribution in [3.63, 3.8) is 0 Å². The third-order valence-electron chi connectivity index (χ3n) is 3.94. The summed E-state index contributed by atoms with van der Waals surface area (Å²) in [4.78, 5) is 24.6. The molecule has 0 amide bonds. The van der Waals surface area contributed by atoms with Crippen LogP contribution in [0.25, 0.3) is 0 Å². The first kappa shape index (κ1) is 17.1. The van der Waals surface area contributed by atoms with E-state index in [4.69, 9.17) is 18.9 Å². The molecule has 2 aliphatic heterocycles. The van der Waals surface area contributed by atoms with Crippen molar-refractivity contribution in [3.8, 4) is 0 Å². The highest BCUT2D eigenvalue weighted by Gasteiger charge is 2.62. The van der Waals surface area contributed by atoms with Crippen molar-refractivity contribution in [2.24, 2.45) is 0 Å². The number of hydrogen-bond donors (Lipinski definition) is 2. The zero-order chi connectivity index (χ0) is 16.5. The fourth-order valence-corrected chi connectivity index (χ4v) is 2.85. The molecule has 0 spiro atoms. The van der Waals surface area contributed by atoms with Gasteiger partial charge >= 0.3 is 11.9 Å². The van der Waals surface area contributed by atoms with Gasteiger partial charge in [0.1, 0.15) is 18.3 Å². The maximum absolute atomic E-state index is 12.3. The van der Waals surface area contributed by atoms with E-state index in [0.717, 1.165) is 0 Å². The van der Waals surface area contributed by atoms with Crippen LogP contribution in [0.15, 0.2) is 0 Å². The molecular weight excluding hydrogens is 296 g/mol. The molecule has 2 N–H and O–H groups in total. The predicted molar refractivity (Wildman–Crippen MR) is 71.8 cm³/mol. The van der Waals surface area contributed by atoms with Gasteiger partial charge in [0.05, 0.1) is 25.4 Å². The molecule has 0 radical (unpaired) electrons. The summed E-state index contributed by atoms with van der Waals surface area (Å²) in [6.07, 6.45) is -4.96. The molecule has 0 aromatic carbocycles. The van der Waals surface area contributed by atoms with Crippen molar-refractivity contribution in [1.82, 2.24) is 0 Å². The van der Waals surface area contributed by atoms with E-state index in [-0.39, 0.29) is 19.6 Å². The van der Waals surface area contributed by atoms with Crippen molar-refractivity contribution in [1.29, 1.82) is 0 Å². The average molecular weight is 318 g/mol. The standard InChI is InChI=1S/C14H22O8/c1-4-19-12(17)14(13(18)20-5-2)6-8(15)10-11(22-14)9(16)7(3)21-10/h7-11,15-16H,4-6H2,1-3H3/t7-,8?,9?,10+,11+/m0/s1. The maximum Gasteiger partial charge on any atom is 0.350 e. The quantitative estimate of drug-likeness (QED) is 0.509. The Kier molecular flexibility index (Phi) is 5.06. The Labute approximate surface area is 128 Å². The normalized spacial score (nSPS) is 36.5. The number of ether oxygens (including phenoxy) is 4. The van der Waals surface area contributed by atoms with Crippen LogP contribution >= 0.6 is 0 Å². The first-order chi connectivity index (χ1) is 10.4. The van der Waals surface area contributed by atoms with Gasteiger partial charge in [-0.3, -0.25) is 0 Å². The van der Waals surface area contributed by atoms with E-state index in [1.165, 1.54) is 0 Å². The van der Waals surface area contributed by atoms with Crippen LogP contribution in [0, 0.1) is 0 Å². The van der Waals surface area contributed by atoms with Crippen LogP contribution in [-0.2, 0) is 28.5 Å². The van der Waals surface area contributed by atoms with E-state index < -0.39 is 48.1 Å². The Morgan fingerprint density at radius 1 is 1.14 bits per heavy atom. The van der Waals surface area contributed by atoms with Crippen LogP contribution in [-0.4, -0.2) is 71.5 Å². The van der Waals surface area contributed by atoms with Gasteiger partial charge in [-0.15, -0.1) is 0 Å². The van der Waals surface area contributed by atoms with Crippen molar-refractivity contribution >= 4 is 11.9 Å². The Morgan fingerprint density at radius 3 is 2.18 bits per heavy atom. The summed E-state index contributed by atoms with van der Waals surface area (Å²) in [5.74, 6) is -1.87. The Morgan fingerprint density at radius 2 is 1.68 bits per heavy atom. The molecule has 126 valence electrons. The smallest absolute Gasteiger partial charge is 0.350 e. The Hall–Kier alpha value is -1.22. The molecule has 0 aromatic heterocycles. The molecule has 2 aliphatic rings. The number of fused-ring (bicyclic) bond motifs is 1. The van der Waals surface area contributed by atoms with Crippen LogP contribution in [0.5, 0.6) is 0 Å². The van der Waals surface area contributed by atoms with Gasteiger partial charge in [0, 0.05) is 6.42 Å². The van der Waals surface area contributed by atoms with Crippen LogP contribution < -0.4 is 0 Å². The summed E-state index contributed by atoms with van der Waals surface area (Å²) in [5, 5.41) is 20.4. The lowest BCUT2D eigenvalue weighted by Crippen LogP contribution is -2.63. The van der Waals surface area contributed by atoms with Crippen molar-refractivity contribution in [3.05, 3.63) is 0 Å². The average Bonchev–Trinajstić information content (AvgIpc) is 2.76. The zero-order valence-electron chi connectivity index (χ0n) is 12.9. The van der Waals surface area contributed by atoms with Crippen LogP contribution in [0.2, 0.25) is 0 Å². The molecule has 0 aromatic rings. The molecule has 2 rings (SSSR count). The zero-order valence-corrected chi connectivity index (χ0v) is 12.9. The molecule has 2 fully saturated rings. The highest BCUT2D eigenvalue weighted by molar-refractivity contribution is 6.04. The first-order valence-corrected chi connectivity index (χ1v) is 7.41. The van der Waals surface area contributed by atoms with Gasteiger partial charge in [-0.1, -0.05) is 0 Å². The van der Waals surface area contributed by atoms with Gasteiger partial charge in [-0.2, -0.15) is 0 Å². The third-order valence-corrected chi connectivity index (χ3v) is 3.94. The summed E-state index contributed by atoms with van der Waals surface area (Å²) in [6.45, 7) is 4.89. The van der Waals surface area contributed by atoms with Gasteiger partial charge in [0.25, 0.3) is 5.60 Å². The largest absolute Gasteiger partial charge is 0.463 e. The molecule has 8 heteroatoms. The summed E-state index contributed by atoms with van der Waals surface area (Å²) >= 11 is 0. The van der Waals surface area contributed by atoms with Crippen LogP contribution in [0.1, 0.15) is 27.2 Å². The van der Waals surface area contributed by atoms with E-state index in [1.54, 1.807) is 20.8 Å². The van der Waals surface area contributed by atoms with E-state index in [2.05, 4.69) is 0 Å². The minimum atomic E-state index is -2.08. The van der Waals surface area contributed by atoms with Crippen molar-refractivity contribution in [2.45, 2.75) is 63.3 Å². The number of esters is 2. The van der Waals surface area contributed by atoms with Gasteiger partial charge in [-0.05, 0) is 20.8 Å². The molecule has 0 saturated carbocycles. The van der Waals surface area contributed by atoms with Crippen molar-refractivity contribution in [2.75, 3.05) is 13.2 Å². The third kappa shape index (κ3) is 2.71. The molecule has 2 saturated heterocycles. The summed E-state index contributed by atoms with van der Waals surface area (Å²) in [7, 11) is 0. The molecule has 0 bridgehead atoms. The van der Waals surface area contributed by atoms with Crippen LogP contribution in [0.3, 0.4) is 0 Å². The lowest BCUT2D eigenvalue weighted by molar-refractivity contribution is -0.233. The first-order valence-electron chi connectivity index (χ1n) is 7.41. The second-order valence-corrected chi connectivity index (χ2v) is 5.42. The van der Waals surface area contributed by atoms with E-state index >= 15 is 0 Å². The Balaban J connectivity index is 2.33. The maximum atomic E-state index is 12.3. The molecule has 2 unspecified atom stereocenters. The molecule has 22 heavy (non-hydrogen) atoms. The fraction of sp³-hybridized carbons (Fsp3) is 0.857. The molecule has 8 nitrogen and oxygen atoms in total. The summed E-state index contributed by atoms with van der Waals surface area (Å²) in [6, 6.07) is 0. The number of carbonyl (C=O) groups excluding carboxylic acids is 2. The van der Waals surface area contributed by atoms with Gasteiger partial charge in [0.15, 0.2) is 0 Å². The second kappa shape index (κ2) is 6.49. The van der Waals surface area contributed by atoms with E-state index in [1.807, 2.05) is 0 Å². The van der Waals surface area contributed by atoms with E-state index in [0.29, 0.717) is 0 Å². The predicted octanol–water partition coefficient (Wildman–Crippen LogP) is -0.851. The molecular formula is C14H22O8. The summed E-state index contributed by atoms with van der Waals surface area (Å²) < 4.78 is 20.9. The number of aliphatic hydroxyl groups is 2. The Bertz CT molecular complexity index is 419. The summed E-state index contributed by atoms with van der Waals surface area (Å²) in [5.41, 5.74) is -2.08. The lowest BCUT2D eigenvalue weighted by atomic mass is 9.86. The topological polar surface area (TPSA) is 112 Å². The van der Waals surface area contributed by atoms with Crippen molar-refractivity contribution < 1.29 is 38.7 Å². The van der Waals surface area contributed by atoms with Crippen LogP contribution in [0.4, 0.5) is 0 Å². The van der Waals surface area contributed by atoms with Gasteiger partial charge in [-0.25, -0.2) is 9.59 Å². The molecule has 2 heterocycles. The monoisotopic (exact) mass is 318 g/mol.